The van der Waals surface area contributed by atoms with Gasteiger partial charge in [0.15, 0.2) is 0 Å². The van der Waals surface area contributed by atoms with Gasteiger partial charge in [0, 0.05) is 17.6 Å². The van der Waals surface area contributed by atoms with E-state index in [1.54, 1.807) is 68.4 Å². The third-order valence-corrected chi connectivity index (χ3v) is 9.30. The number of amides is 2. The van der Waals surface area contributed by atoms with Gasteiger partial charge in [-0.1, -0.05) is 79.0 Å². The fourth-order valence-corrected chi connectivity index (χ4v) is 6.56. The zero-order valence-electron chi connectivity index (χ0n) is 22.2. The topological polar surface area (TPSA) is 86.8 Å². The summed E-state index contributed by atoms with van der Waals surface area (Å²) >= 11 is 6.42. The van der Waals surface area contributed by atoms with Crippen molar-refractivity contribution in [3.05, 3.63) is 95.0 Å². The van der Waals surface area contributed by atoms with Crippen LogP contribution in [-0.2, 0) is 26.2 Å². The summed E-state index contributed by atoms with van der Waals surface area (Å²) in [6, 6.07) is 21.4. The van der Waals surface area contributed by atoms with Crippen molar-refractivity contribution in [2.45, 2.75) is 63.1 Å². The summed E-state index contributed by atoms with van der Waals surface area (Å²) in [7, 11) is -4.09. The Balaban J connectivity index is 1.69. The van der Waals surface area contributed by atoms with Crippen LogP contribution >= 0.6 is 11.6 Å². The summed E-state index contributed by atoms with van der Waals surface area (Å²) in [5, 5.41) is 3.53. The third-order valence-electron chi connectivity index (χ3n) is 7.16. The monoisotopic (exact) mass is 567 g/mol. The number of aryl methyl sites for hydroxylation is 1. The van der Waals surface area contributed by atoms with Gasteiger partial charge < -0.3 is 10.2 Å². The van der Waals surface area contributed by atoms with Crippen LogP contribution in [0.2, 0.25) is 5.02 Å². The lowest BCUT2D eigenvalue weighted by Crippen LogP contribution is -2.52. The Labute approximate surface area is 235 Å². The molecule has 1 fully saturated rings. The average molecular weight is 568 g/mol. The Morgan fingerprint density at radius 1 is 0.949 bits per heavy atom. The zero-order chi connectivity index (χ0) is 28.0. The van der Waals surface area contributed by atoms with E-state index in [1.807, 2.05) is 12.1 Å². The molecule has 1 saturated carbocycles. The average Bonchev–Trinajstić information content (AvgIpc) is 3.45. The minimum Gasteiger partial charge on any atom is -0.352 e. The number of nitrogens with one attached hydrogen (secondary N) is 1. The summed E-state index contributed by atoms with van der Waals surface area (Å²) in [4.78, 5) is 28.8. The predicted molar refractivity (Wildman–Crippen MR) is 154 cm³/mol. The molecule has 1 N–H and O–H groups in total. The van der Waals surface area contributed by atoms with Crippen molar-refractivity contribution in [1.82, 2.24) is 10.2 Å². The van der Waals surface area contributed by atoms with E-state index < -0.39 is 28.5 Å². The van der Waals surface area contributed by atoms with Crippen molar-refractivity contribution in [3.8, 4) is 0 Å². The van der Waals surface area contributed by atoms with Gasteiger partial charge in [0.2, 0.25) is 11.8 Å². The van der Waals surface area contributed by atoms with Crippen molar-refractivity contribution in [2.24, 2.45) is 0 Å². The molecule has 0 aromatic heterocycles. The standard InChI is InChI=1S/C30H34ClN3O4S/c1-22-12-6-11-19-28(22)34(39(37,38)26-16-4-3-5-17-26)21-29(35)33(20-24-13-7-10-18-27(24)31)23(2)30(36)32-25-14-8-9-15-25/h3-7,10-13,16-19,23,25H,8-9,14-15,20-21H2,1-2H3,(H,32,36)/t23-/m1/s1. The second kappa shape index (κ2) is 12.7. The molecule has 1 aliphatic rings. The molecule has 4 rings (SSSR count). The van der Waals surface area contributed by atoms with Crippen molar-refractivity contribution in [3.63, 3.8) is 0 Å². The van der Waals surface area contributed by atoms with E-state index in [4.69, 9.17) is 11.6 Å². The van der Waals surface area contributed by atoms with Crippen LogP contribution in [-0.4, -0.2) is 43.8 Å². The van der Waals surface area contributed by atoms with Crippen molar-refractivity contribution in [1.29, 1.82) is 0 Å². The van der Waals surface area contributed by atoms with E-state index in [1.165, 1.54) is 17.0 Å². The highest BCUT2D eigenvalue weighted by Crippen LogP contribution is 2.28. The highest BCUT2D eigenvalue weighted by Gasteiger charge is 2.34. The number of carbonyl (C=O) groups is 2. The largest absolute Gasteiger partial charge is 0.352 e. The first-order chi connectivity index (χ1) is 18.7. The molecule has 2 amide bonds. The van der Waals surface area contributed by atoms with Gasteiger partial charge in [-0.15, -0.1) is 0 Å². The minimum absolute atomic E-state index is 0.0603. The van der Waals surface area contributed by atoms with Crippen molar-refractivity contribution in [2.75, 3.05) is 10.8 Å². The lowest BCUT2D eigenvalue weighted by Gasteiger charge is -2.33. The van der Waals surface area contributed by atoms with Gasteiger partial charge in [-0.2, -0.15) is 0 Å². The Hall–Kier alpha value is -3.36. The van der Waals surface area contributed by atoms with E-state index in [2.05, 4.69) is 5.32 Å². The Kier molecular flexibility index (Phi) is 9.30. The molecule has 1 aliphatic carbocycles. The first-order valence-corrected chi connectivity index (χ1v) is 15.0. The molecular weight excluding hydrogens is 534 g/mol. The smallest absolute Gasteiger partial charge is 0.264 e. The zero-order valence-corrected chi connectivity index (χ0v) is 23.8. The second-order valence-corrected chi connectivity index (χ2v) is 12.2. The first-order valence-electron chi connectivity index (χ1n) is 13.1. The molecule has 3 aromatic rings. The van der Waals surface area contributed by atoms with Gasteiger partial charge in [-0.3, -0.25) is 13.9 Å². The van der Waals surface area contributed by atoms with Crippen LogP contribution in [0.25, 0.3) is 0 Å². The molecule has 9 heteroatoms. The van der Waals surface area contributed by atoms with E-state index >= 15 is 0 Å². The molecule has 0 saturated heterocycles. The molecule has 39 heavy (non-hydrogen) atoms. The number of hydrogen-bond donors (Lipinski definition) is 1. The normalized spacial score (nSPS) is 14.5. The number of nitrogens with zero attached hydrogens (tertiary/aromatic N) is 2. The van der Waals surface area contributed by atoms with Crippen LogP contribution in [0.1, 0.15) is 43.7 Å². The molecule has 0 aliphatic heterocycles. The number of hydrogen-bond acceptors (Lipinski definition) is 4. The van der Waals surface area contributed by atoms with Crippen LogP contribution in [0.5, 0.6) is 0 Å². The Bertz CT molecular complexity index is 1410. The maximum atomic E-state index is 14.0. The first kappa shape index (κ1) is 28.6. The molecule has 0 heterocycles. The highest BCUT2D eigenvalue weighted by atomic mass is 35.5. The SMILES string of the molecule is Cc1ccccc1N(CC(=O)N(Cc1ccccc1Cl)[C@H](C)C(=O)NC1CCCC1)S(=O)(=O)c1ccccc1. The quantitative estimate of drug-likeness (QED) is 0.359. The summed E-state index contributed by atoms with van der Waals surface area (Å²) in [5.41, 5.74) is 1.77. The van der Waals surface area contributed by atoms with E-state index in [0.29, 0.717) is 21.8 Å². The van der Waals surface area contributed by atoms with Crippen LogP contribution < -0.4 is 9.62 Å². The summed E-state index contributed by atoms with van der Waals surface area (Å²) in [6.45, 7) is 3.05. The molecular formula is C30H34ClN3O4S. The van der Waals surface area contributed by atoms with Gasteiger partial charge in [0.05, 0.1) is 10.6 Å². The highest BCUT2D eigenvalue weighted by molar-refractivity contribution is 7.92. The molecule has 0 bridgehead atoms. The van der Waals surface area contributed by atoms with Gasteiger partial charge in [0.1, 0.15) is 12.6 Å². The van der Waals surface area contributed by atoms with E-state index in [9.17, 15) is 18.0 Å². The van der Waals surface area contributed by atoms with Gasteiger partial charge in [-0.25, -0.2) is 8.42 Å². The minimum atomic E-state index is -4.09. The number of para-hydroxylation sites is 1. The van der Waals surface area contributed by atoms with Gasteiger partial charge >= 0.3 is 0 Å². The fourth-order valence-electron chi connectivity index (χ4n) is 4.86. The van der Waals surface area contributed by atoms with Crippen LogP contribution in [0.15, 0.2) is 83.8 Å². The van der Waals surface area contributed by atoms with Crippen LogP contribution in [0.3, 0.4) is 0 Å². The number of sulfonamides is 1. The number of carbonyl (C=O) groups excluding carboxylic acids is 2. The molecule has 3 aromatic carbocycles. The Morgan fingerprint density at radius 2 is 1.56 bits per heavy atom. The van der Waals surface area contributed by atoms with Crippen LogP contribution in [0.4, 0.5) is 5.69 Å². The van der Waals surface area contributed by atoms with Gasteiger partial charge in [0.25, 0.3) is 10.0 Å². The lowest BCUT2D eigenvalue weighted by atomic mass is 10.1. The molecule has 0 unspecified atom stereocenters. The maximum absolute atomic E-state index is 14.0. The van der Waals surface area contributed by atoms with Gasteiger partial charge in [-0.05, 0) is 62.1 Å². The molecule has 7 nitrogen and oxygen atoms in total. The summed E-state index contributed by atoms with van der Waals surface area (Å²) in [6.07, 6.45) is 3.94. The third kappa shape index (κ3) is 6.81. The number of rotatable bonds is 10. The molecule has 0 spiro atoms. The number of halogens is 1. The lowest BCUT2D eigenvalue weighted by molar-refractivity contribution is -0.139. The molecule has 206 valence electrons. The number of anilines is 1. The van der Waals surface area contributed by atoms with E-state index in [0.717, 1.165) is 30.0 Å². The maximum Gasteiger partial charge on any atom is 0.264 e. The molecule has 1 atom stereocenters. The second-order valence-electron chi connectivity index (χ2n) is 9.89. The van der Waals surface area contributed by atoms with Crippen molar-refractivity contribution >= 4 is 39.1 Å². The summed E-state index contributed by atoms with van der Waals surface area (Å²) in [5.74, 6) is -0.776. The van der Waals surface area contributed by atoms with Crippen molar-refractivity contribution < 1.29 is 18.0 Å². The number of benzene rings is 3. The van der Waals surface area contributed by atoms with Crippen LogP contribution in [0, 0.1) is 6.92 Å². The predicted octanol–water partition coefficient (Wildman–Crippen LogP) is 5.32. The molecule has 0 radical (unpaired) electrons. The summed E-state index contributed by atoms with van der Waals surface area (Å²) < 4.78 is 28.8. The fraction of sp³-hybridized carbons (Fsp3) is 0.333. The Morgan fingerprint density at radius 3 is 2.23 bits per heavy atom. The van der Waals surface area contributed by atoms with E-state index in [-0.39, 0.29) is 23.4 Å².